The molecule has 0 bridgehead atoms. The fraction of sp³-hybridized carbons (Fsp3) is 0.263. The predicted octanol–water partition coefficient (Wildman–Crippen LogP) is 2.79. The van der Waals surface area contributed by atoms with Crippen LogP contribution in [0.1, 0.15) is 44.2 Å². The molecule has 1 aromatic carbocycles. The van der Waals surface area contributed by atoms with Gasteiger partial charge in [-0.1, -0.05) is 32.0 Å². The predicted molar refractivity (Wildman–Crippen MR) is 95.2 cm³/mol. The minimum absolute atomic E-state index is 0.269. The van der Waals surface area contributed by atoms with Crippen molar-refractivity contribution in [3.8, 4) is 0 Å². The van der Waals surface area contributed by atoms with Crippen LogP contribution in [0, 0.1) is 5.92 Å². The monoisotopic (exact) mass is 371 g/mol. The second kappa shape index (κ2) is 7.21. The van der Waals surface area contributed by atoms with E-state index in [0.717, 1.165) is 4.90 Å². The van der Waals surface area contributed by atoms with Crippen LogP contribution in [0.2, 0.25) is 0 Å². The first-order valence-electron chi connectivity index (χ1n) is 8.12. The Balaban J connectivity index is 1.77. The van der Waals surface area contributed by atoms with Crippen molar-refractivity contribution in [2.45, 2.75) is 19.9 Å². The van der Waals surface area contributed by atoms with Gasteiger partial charge in [-0.25, -0.2) is 4.79 Å². The molecule has 0 saturated carbocycles. The maximum Gasteiger partial charge on any atom is 0.330 e. The summed E-state index contributed by atoms with van der Waals surface area (Å²) in [5.41, 5.74) is 0.538. The summed E-state index contributed by atoms with van der Waals surface area (Å²) in [5, 5.41) is 1.75. The highest BCUT2D eigenvalue weighted by molar-refractivity contribution is 7.12. The van der Waals surface area contributed by atoms with E-state index < -0.39 is 30.4 Å². The number of benzene rings is 1. The zero-order chi connectivity index (χ0) is 18.8. The Morgan fingerprint density at radius 3 is 2.15 bits per heavy atom. The lowest BCUT2D eigenvalue weighted by Gasteiger charge is -2.27. The first kappa shape index (κ1) is 18.0. The van der Waals surface area contributed by atoms with E-state index in [9.17, 15) is 19.2 Å². The molecular formula is C19H17NO5S. The normalized spacial score (nSPS) is 14.5. The molecule has 1 aromatic heterocycles. The SMILES string of the molecule is CC(C)[C@@H](C(=O)OCC(=O)c1cccs1)N1C(=O)c2ccccc2C1=O. The van der Waals surface area contributed by atoms with Gasteiger partial charge in [-0.3, -0.25) is 19.3 Å². The minimum Gasteiger partial charge on any atom is -0.456 e. The average molecular weight is 371 g/mol. The Kier molecular flexibility index (Phi) is 4.99. The van der Waals surface area contributed by atoms with E-state index >= 15 is 0 Å². The molecule has 6 nitrogen and oxygen atoms in total. The molecule has 0 unspecified atom stereocenters. The Hall–Kier alpha value is -2.80. The third kappa shape index (κ3) is 3.17. The maximum absolute atomic E-state index is 12.6. The summed E-state index contributed by atoms with van der Waals surface area (Å²) < 4.78 is 5.13. The van der Waals surface area contributed by atoms with Crippen molar-refractivity contribution in [2.75, 3.05) is 6.61 Å². The number of esters is 1. The highest BCUT2D eigenvalue weighted by Gasteiger charge is 2.44. The van der Waals surface area contributed by atoms with E-state index in [1.165, 1.54) is 11.3 Å². The van der Waals surface area contributed by atoms with Gasteiger partial charge in [0, 0.05) is 0 Å². The third-order valence-electron chi connectivity index (χ3n) is 4.12. The third-order valence-corrected chi connectivity index (χ3v) is 5.03. The van der Waals surface area contributed by atoms with Crippen LogP contribution in [0.3, 0.4) is 0 Å². The fourth-order valence-electron chi connectivity index (χ4n) is 2.87. The van der Waals surface area contributed by atoms with Gasteiger partial charge in [0.15, 0.2) is 6.61 Å². The molecule has 2 aromatic rings. The lowest BCUT2D eigenvalue weighted by molar-refractivity contribution is -0.148. The second-order valence-corrected chi connectivity index (χ2v) is 7.17. The number of rotatable bonds is 6. The fourth-order valence-corrected chi connectivity index (χ4v) is 3.52. The Morgan fingerprint density at radius 2 is 1.65 bits per heavy atom. The molecule has 3 rings (SSSR count). The molecule has 26 heavy (non-hydrogen) atoms. The number of thiophene rings is 1. The molecule has 0 spiro atoms. The molecule has 1 aliphatic heterocycles. The molecule has 1 aliphatic rings. The van der Waals surface area contributed by atoms with Crippen LogP contribution < -0.4 is 0 Å². The van der Waals surface area contributed by atoms with Gasteiger partial charge in [0.2, 0.25) is 5.78 Å². The van der Waals surface area contributed by atoms with Gasteiger partial charge in [-0.2, -0.15) is 0 Å². The standard InChI is InChI=1S/C19H17NO5S/c1-11(2)16(19(24)25-10-14(21)15-8-5-9-26-15)20-17(22)12-6-3-4-7-13(12)18(20)23/h3-9,11,16H,10H2,1-2H3/t16-/m0/s1. The second-order valence-electron chi connectivity index (χ2n) is 6.22. The van der Waals surface area contributed by atoms with Crippen molar-refractivity contribution in [3.05, 3.63) is 57.8 Å². The number of Topliss-reactive ketones (excluding diaryl/α,β-unsaturated/α-hetero) is 1. The largest absolute Gasteiger partial charge is 0.456 e. The summed E-state index contributed by atoms with van der Waals surface area (Å²) in [6.45, 7) is 3.01. The summed E-state index contributed by atoms with van der Waals surface area (Å²) in [6.07, 6.45) is 0. The first-order chi connectivity index (χ1) is 12.4. The number of imide groups is 1. The number of hydrogen-bond acceptors (Lipinski definition) is 6. The van der Waals surface area contributed by atoms with E-state index in [4.69, 9.17) is 4.74 Å². The molecule has 134 valence electrons. The topological polar surface area (TPSA) is 80.8 Å². The summed E-state index contributed by atoms with van der Waals surface area (Å²) in [5.74, 6) is -2.49. The van der Waals surface area contributed by atoms with Gasteiger partial charge in [-0.05, 0) is 29.5 Å². The number of ketones is 1. The van der Waals surface area contributed by atoms with Crippen LogP contribution in [0.25, 0.3) is 0 Å². The van der Waals surface area contributed by atoms with Gasteiger partial charge in [0.25, 0.3) is 11.8 Å². The Bertz CT molecular complexity index is 837. The molecule has 2 heterocycles. The van der Waals surface area contributed by atoms with Crippen LogP contribution in [0.4, 0.5) is 0 Å². The van der Waals surface area contributed by atoms with Crippen molar-refractivity contribution in [2.24, 2.45) is 5.92 Å². The molecule has 7 heteroatoms. The molecule has 1 atom stereocenters. The number of ether oxygens (including phenoxy) is 1. The number of carbonyl (C=O) groups is 4. The summed E-state index contributed by atoms with van der Waals surface area (Å²) in [4.78, 5) is 51.2. The summed E-state index contributed by atoms with van der Waals surface area (Å²) in [7, 11) is 0. The lowest BCUT2D eigenvalue weighted by atomic mass is 10.0. The highest BCUT2D eigenvalue weighted by atomic mass is 32.1. The average Bonchev–Trinajstić information content (AvgIpc) is 3.24. The van der Waals surface area contributed by atoms with Crippen molar-refractivity contribution in [3.63, 3.8) is 0 Å². The van der Waals surface area contributed by atoms with E-state index in [1.54, 1.807) is 55.6 Å². The van der Waals surface area contributed by atoms with Gasteiger partial charge >= 0.3 is 5.97 Å². The van der Waals surface area contributed by atoms with Gasteiger partial charge < -0.3 is 4.74 Å². The highest BCUT2D eigenvalue weighted by Crippen LogP contribution is 2.27. The van der Waals surface area contributed by atoms with Gasteiger partial charge in [0.05, 0.1) is 16.0 Å². The molecule has 0 saturated heterocycles. The molecule has 0 N–H and O–H groups in total. The lowest BCUT2D eigenvalue weighted by Crippen LogP contribution is -2.49. The Morgan fingerprint density at radius 1 is 1.04 bits per heavy atom. The number of nitrogens with zero attached hydrogens (tertiary/aromatic N) is 1. The first-order valence-corrected chi connectivity index (χ1v) is 9.00. The summed E-state index contributed by atoms with van der Waals surface area (Å²) >= 11 is 1.26. The van der Waals surface area contributed by atoms with E-state index in [0.29, 0.717) is 4.88 Å². The number of fused-ring (bicyclic) bond motifs is 1. The number of carbonyl (C=O) groups excluding carboxylic acids is 4. The van der Waals surface area contributed by atoms with Crippen LogP contribution >= 0.6 is 11.3 Å². The van der Waals surface area contributed by atoms with E-state index in [-0.39, 0.29) is 22.8 Å². The minimum atomic E-state index is -1.08. The molecule has 0 radical (unpaired) electrons. The smallest absolute Gasteiger partial charge is 0.330 e. The molecular weight excluding hydrogens is 354 g/mol. The van der Waals surface area contributed by atoms with Gasteiger partial charge in [-0.15, -0.1) is 11.3 Å². The van der Waals surface area contributed by atoms with Gasteiger partial charge in [0.1, 0.15) is 6.04 Å². The molecule has 0 fully saturated rings. The van der Waals surface area contributed by atoms with Crippen molar-refractivity contribution in [1.82, 2.24) is 4.90 Å². The van der Waals surface area contributed by atoms with Crippen LogP contribution in [0.15, 0.2) is 41.8 Å². The molecule has 0 aliphatic carbocycles. The number of hydrogen-bond donors (Lipinski definition) is 0. The zero-order valence-corrected chi connectivity index (χ0v) is 15.1. The van der Waals surface area contributed by atoms with Crippen LogP contribution in [-0.2, 0) is 9.53 Å². The molecule has 2 amide bonds. The van der Waals surface area contributed by atoms with Crippen LogP contribution in [-0.4, -0.2) is 41.1 Å². The zero-order valence-electron chi connectivity index (χ0n) is 14.3. The quantitative estimate of drug-likeness (QED) is 0.443. The van der Waals surface area contributed by atoms with E-state index in [2.05, 4.69) is 0 Å². The summed E-state index contributed by atoms with van der Waals surface area (Å²) in [6, 6.07) is 8.72. The Labute approximate surface area is 154 Å². The van der Waals surface area contributed by atoms with Crippen molar-refractivity contribution < 1.29 is 23.9 Å². The van der Waals surface area contributed by atoms with Crippen molar-refractivity contribution >= 4 is 34.9 Å². The van der Waals surface area contributed by atoms with Crippen LogP contribution in [0.5, 0.6) is 0 Å². The van der Waals surface area contributed by atoms with Crippen molar-refractivity contribution in [1.29, 1.82) is 0 Å². The maximum atomic E-state index is 12.6. The number of amides is 2. The van der Waals surface area contributed by atoms with E-state index in [1.807, 2.05) is 0 Å².